The van der Waals surface area contributed by atoms with Gasteiger partial charge in [0.2, 0.25) is 0 Å². The van der Waals surface area contributed by atoms with Gasteiger partial charge in [-0.05, 0) is 44.2 Å². The molecule has 0 unspecified atom stereocenters. The molecule has 2 rings (SSSR count). The Morgan fingerprint density at radius 1 is 1.29 bits per heavy atom. The quantitative estimate of drug-likeness (QED) is 0.709. The SMILES string of the molecule is Cc1ccc(OCC2CCC2)c(C)c1. The van der Waals surface area contributed by atoms with Crippen LogP contribution in [0.4, 0.5) is 0 Å². The maximum Gasteiger partial charge on any atom is 0.122 e. The van der Waals surface area contributed by atoms with E-state index in [9.17, 15) is 0 Å². The van der Waals surface area contributed by atoms with Crippen molar-refractivity contribution in [1.82, 2.24) is 0 Å². The van der Waals surface area contributed by atoms with Gasteiger partial charge >= 0.3 is 0 Å². The van der Waals surface area contributed by atoms with E-state index in [1.165, 1.54) is 30.4 Å². The highest BCUT2D eigenvalue weighted by molar-refractivity contribution is 5.35. The van der Waals surface area contributed by atoms with Crippen LogP contribution in [0.2, 0.25) is 0 Å². The minimum absolute atomic E-state index is 0.815. The largest absolute Gasteiger partial charge is 0.493 e. The van der Waals surface area contributed by atoms with Gasteiger partial charge in [0.15, 0.2) is 0 Å². The highest BCUT2D eigenvalue weighted by Gasteiger charge is 2.18. The van der Waals surface area contributed by atoms with Crippen LogP contribution in [0.1, 0.15) is 30.4 Å². The van der Waals surface area contributed by atoms with E-state index in [1.54, 1.807) is 0 Å². The van der Waals surface area contributed by atoms with Crippen LogP contribution in [0.15, 0.2) is 18.2 Å². The van der Waals surface area contributed by atoms with Crippen LogP contribution in [0, 0.1) is 19.8 Å². The van der Waals surface area contributed by atoms with Crippen LogP contribution in [0.25, 0.3) is 0 Å². The lowest BCUT2D eigenvalue weighted by Crippen LogP contribution is -2.19. The van der Waals surface area contributed by atoms with Crippen molar-refractivity contribution in [2.45, 2.75) is 33.1 Å². The number of hydrogen-bond acceptors (Lipinski definition) is 1. The highest BCUT2D eigenvalue weighted by atomic mass is 16.5. The second kappa shape index (κ2) is 4.04. The van der Waals surface area contributed by atoms with E-state index >= 15 is 0 Å². The van der Waals surface area contributed by atoms with E-state index in [0.29, 0.717) is 0 Å². The topological polar surface area (TPSA) is 9.23 Å². The second-order valence-electron chi connectivity index (χ2n) is 4.38. The third kappa shape index (κ3) is 2.09. The molecule has 1 aromatic carbocycles. The van der Waals surface area contributed by atoms with E-state index < -0.39 is 0 Å². The zero-order chi connectivity index (χ0) is 9.97. The predicted molar refractivity (Wildman–Crippen MR) is 58.8 cm³/mol. The number of benzene rings is 1. The van der Waals surface area contributed by atoms with Crippen molar-refractivity contribution in [2.24, 2.45) is 5.92 Å². The first-order valence-corrected chi connectivity index (χ1v) is 5.46. The fourth-order valence-electron chi connectivity index (χ4n) is 1.83. The molecule has 0 N–H and O–H groups in total. The van der Waals surface area contributed by atoms with Gasteiger partial charge in [0.1, 0.15) is 5.75 Å². The van der Waals surface area contributed by atoms with Crippen LogP contribution < -0.4 is 4.74 Å². The molecule has 1 aromatic rings. The molecular weight excluding hydrogens is 172 g/mol. The lowest BCUT2D eigenvalue weighted by atomic mass is 9.86. The molecule has 0 spiro atoms. The first kappa shape index (κ1) is 9.57. The predicted octanol–water partition coefficient (Wildman–Crippen LogP) is 3.48. The maximum absolute atomic E-state index is 5.80. The van der Waals surface area contributed by atoms with Gasteiger partial charge in [-0.25, -0.2) is 0 Å². The molecule has 0 amide bonds. The Balaban J connectivity index is 1.94. The molecule has 0 saturated heterocycles. The molecule has 1 aliphatic rings. The van der Waals surface area contributed by atoms with Gasteiger partial charge in [-0.15, -0.1) is 0 Å². The normalized spacial score (nSPS) is 16.4. The Kier molecular flexibility index (Phi) is 2.76. The van der Waals surface area contributed by atoms with Crippen molar-refractivity contribution >= 4 is 0 Å². The molecule has 76 valence electrons. The molecule has 0 aromatic heterocycles. The summed E-state index contributed by atoms with van der Waals surface area (Å²) in [7, 11) is 0. The van der Waals surface area contributed by atoms with Crippen LogP contribution in [0.3, 0.4) is 0 Å². The Bertz CT molecular complexity index is 313. The van der Waals surface area contributed by atoms with Gasteiger partial charge in [0.25, 0.3) is 0 Å². The Morgan fingerprint density at radius 3 is 2.64 bits per heavy atom. The second-order valence-corrected chi connectivity index (χ2v) is 4.38. The summed E-state index contributed by atoms with van der Waals surface area (Å²) in [6.07, 6.45) is 4.09. The number of aryl methyl sites for hydroxylation is 2. The maximum atomic E-state index is 5.80. The fraction of sp³-hybridized carbons (Fsp3) is 0.538. The van der Waals surface area contributed by atoms with Crippen LogP contribution in [-0.2, 0) is 0 Å². The minimum Gasteiger partial charge on any atom is -0.493 e. The minimum atomic E-state index is 0.815. The molecule has 0 atom stereocenters. The van der Waals surface area contributed by atoms with Crippen molar-refractivity contribution in [3.63, 3.8) is 0 Å². The highest BCUT2D eigenvalue weighted by Crippen LogP contribution is 2.28. The Morgan fingerprint density at radius 2 is 2.07 bits per heavy atom. The van der Waals surface area contributed by atoms with Crippen molar-refractivity contribution < 1.29 is 4.74 Å². The van der Waals surface area contributed by atoms with Gasteiger partial charge in [-0.1, -0.05) is 24.1 Å². The zero-order valence-corrected chi connectivity index (χ0v) is 9.05. The standard InChI is InChI=1S/C13H18O/c1-10-6-7-13(11(2)8-10)14-9-12-4-3-5-12/h6-8,12H,3-5,9H2,1-2H3. The smallest absolute Gasteiger partial charge is 0.122 e. The first-order chi connectivity index (χ1) is 6.75. The Hall–Kier alpha value is -0.980. The molecule has 0 bridgehead atoms. The fourth-order valence-corrected chi connectivity index (χ4v) is 1.83. The van der Waals surface area contributed by atoms with Gasteiger partial charge in [-0.3, -0.25) is 0 Å². The molecule has 0 heterocycles. The van der Waals surface area contributed by atoms with Crippen molar-refractivity contribution in [3.8, 4) is 5.75 Å². The monoisotopic (exact) mass is 190 g/mol. The third-order valence-electron chi connectivity index (χ3n) is 3.03. The van der Waals surface area contributed by atoms with Crippen molar-refractivity contribution in [2.75, 3.05) is 6.61 Å². The third-order valence-corrected chi connectivity index (χ3v) is 3.03. The summed E-state index contributed by atoms with van der Waals surface area (Å²) in [5.74, 6) is 1.87. The van der Waals surface area contributed by atoms with Gasteiger partial charge in [-0.2, -0.15) is 0 Å². The van der Waals surface area contributed by atoms with Crippen molar-refractivity contribution in [1.29, 1.82) is 0 Å². The lowest BCUT2D eigenvalue weighted by Gasteiger charge is -2.25. The molecule has 1 fully saturated rings. The summed E-state index contributed by atoms with van der Waals surface area (Å²) >= 11 is 0. The lowest BCUT2D eigenvalue weighted by molar-refractivity contribution is 0.180. The molecular formula is C13H18O. The first-order valence-electron chi connectivity index (χ1n) is 5.46. The number of rotatable bonds is 3. The molecule has 1 nitrogen and oxygen atoms in total. The van der Waals surface area contributed by atoms with E-state index in [2.05, 4.69) is 32.0 Å². The molecule has 1 heteroatoms. The van der Waals surface area contributed by atoms with Gasteiger partial charge in [0, 0.05) is 0 Å². The van der Waals surface area contributed by atoms with E-state index in [4.69, 9.17) is 4.74 Å². The van der Waals surface area contributed by atoms with Crippen LogP contribution >= 0.6 is 0 Å². The summed E-state index contributed by atoms with van der Waals surface area (Å²) in [4.78, 5) is 0. The summed E-state index contributed by atoms with van der Waals surface area (Å²) < 4.78 is 5.80. The van der Waals surface area contributed by atoms with E-state index in [-0.39, 0.29) is 0 Å². The molecule has 1 saturated carbocycles. The number of hydrogen-bond donors (Lipinski definition) is 0. The zero-order valence-electron chi connectivity index (χ0n) is 9.05. The van der Waals surface area contributed by atoms with Crippen LogP contribution in [-0.4, -0.2) is 6.61 Å². The average molecular weight is 190 g/mol. The molecule has 0 aliphatic heterocycles. The molecule has 1 aliphatic carbocycles. The number of ether oxygens (including phenoxy) is 1. The molecule has 14 heavy (non-hydrogen) atoms. The average Bonchev–Trinajstić information content (AvgIpc) is 2.05. The van der Waals surface area contributed by atoms with Crippen molar-refractivity contribution in [3.05, 3.63) is 29.3 Å². The van der Waals surface area contributed by atoms with Crippen LogP contribution in [0.5, 0.6) is 5.75 Å². The van der Waals surface area contributed by atoms with E-state index in [1.807, 2.05) is 0 Å². The summed E-state index contributed by atoms with van der Waals surface area (Å²) in [5, 5.41) is 0. The van der Waals surface area contributed by atoms with Gasteiger partial charge in [0.05, 0.1) is 6.61 Å². The summed E-state index contributed by atoms with van der Waals surface area (Å²) in [6.45, 7) is 5.13. The summed E-state index contributed by atoms with van der Waals surface area (Å²) in [5.41, 5.74) is 2.56. The van der Waals surface area contributed by atoms with Gasteiger partial charge < -0.3 is 4.74 Å². The molecule has 0 radical (unpaired) electrons. The summed E-state index contributed by atoms with van der Waals surface area (Å²) in [6, 6.07) is 6.38. The van der Waals surface area contributed by atoms with E-state index in [0.717, 1.165) is 18.3 Å². The Labute approximate surface area is 86.1 Å².